The molecule has 1 N–H and O–H groups in total. The fourth-order valence-corrected chi connectivity index (χ4v) is 5.02. The number of thiophene rings is 1. The Morgan fingerprint density at radius 3 is 2.54 bits per heavy atom. The zero-order chi connectivity index (χ0) is 18.7. The molecule has 7 heteroatoms. The van der Waals surface area contributed by atoms with Gasteiger partial charge in [-0.1, -0.05) is 0 Å². The van der Waals surface area contributed by atoms with Gasteiger partial charge in [0.2, 0.25) is 11.8 Å². The van der Waals surface area contributed by atoms with Gasteiger partial charge in [-0.25, -0.2) is 4.79 Å². The summed E-state index contributed by atoms with van der Waals surface area (Å²) in [6.07, 6.45) is 5.32. The third kappa shape index (κ3) is 3.92. The Labute approximate surface area is 157 Å². The smallest absolute Gasteiger partial charge is 0.341 e. The van der Waals surface area contributed by atoms with Crippen LogP contribution in [0.15, 0.2) is 0 Å². The molecule has 1 aliphatic carbocycles. The number of hydrogen-bond donors (Lipinski definition) is 1. The molecule has 0 bridgehead atoms. The van der Waals surface area contributed by atoms with Crippen molar-refractivity contribution in [3.05, 3.63) is 16.0 Å². The van der Waals surface area contributed by atoms with E-state index in [1.165, 1.54) is 16.2 Å². The number of nitrogens with zero attached hydrogens (tertiary/aromatic N) is 1. The third-order valence-electron chi connectivity index (χ3n) is 5.20. The van der Waals surface area contributed by atoms with Crippen molar-refractivity contribution in [3.8, 4) is 0 Å². The van der Waals surface area contributed by atoms with Crippen molar-refractivity contribution in [1.82, 2.24) is 4.90 Å². The standard InChI is InChI=1S/C19H26N2O4S/c1-3-25-19(24)16-14-6-4-5-7-15(14)26-18(16)20-17(23)13-8-10-21(11-9-13)12(2)22/h13H,3-11H2,1-2H3,(H,20,23). The molecule has 2 heterocycles. The molecule has 1 fully saturated rings. The zero-order valence-corrected chi connectivity index (χ0v) is 16.2. The van der Waals surface area contributed by atoms with Gasteiger partial charge in [-0.05, 0) is 51.0 Å². The first kappa shape index (κ1) is 18.9. The van der Waals surface area contributed by atoms with Crippen LogP contribution in [0.3, 0.4) is 0 Å². The van der Waals surface area contributed by atoms with E-state index in [2.05, 4.69) is 5.32 Å². The molecular formula is C19H26N2O4S. The molecule has 1 saturated heterocycles. The van der Waals surface area contributed by atoms with Crippen molar-refractivity contribution in [2.24, 2.45) is 5.92 Å². The maximum absolute atomic E-state index is 12.7. The minimum Gasteiger partial charge on any atom is -0.462 e. The van der Waals surface area contributed by atoms with E-state index >= 15 is 0 Å². The quantitative estimate of drug-likeness (QED) is 0.817. The van der Waals surface area contributed by atoms with E-state index in [0.717, 1.165) is 31.2 Å². The summed E-state index contributed by atoms with van der Waals surface area (Å²) in [5.41, 5.74) is 1.61. The van der Waals surface area contributed by atoms with E-state index in [9.17, 15) is 14.4 Å². The molecule has 0 radical (unpaired) electrons. The summed E-state index contributed by atoms with van der Waals surface area (Å²) >= 11 is 1.52. The minimum absolute atomic E-state index is 0.0550. The van der Waals surface area contributed by atoms with Crippen LogP contribution in [0.5, 0.6) is 0 Å². The van der Waals surface area contributed by atoms with Crippen molar-refractivity contribution in [2.75, 3.05) is 25.0 Å². The second kappa shape index (κ2) is 8.20. The minimum atomic E-state index is -0.339. The molecule has 0 aromatic carbocycles. The molecular weight excluding hydrogens is 352 g/mol. The van der Waals surface area contributed by atoms with Crippen LogP contribution in [0.4, 0.5) is 5.00 Å². The van der Waals surface area contributed by atoms with Gasteiger partial charge in [-0.15, -0.1) is 11.3 Å². The van der Waals surface area contributed by atoms with Gasteiger partial charge < -0.3 is 15.0 Å². The van der Waals surface area contributed by atoms with Crippen molar-refractivity contribution in [3.63, 3.8) is 0 Å². The SMILES string of the molecule is CCOC(=O)c1c(NC(=O)C2CCN(C(C)=O)CC2)sc2c1CCCC2. The van der Waals surface area contributed by atoms with Gasteiger partial charge in [0.15, 0.2) is 0 Å². The van der Waals surface area contributed by atoms with E-state index in [-0.39, 0.29) is 23.7 Å². The van der Waals surface area contributed by atoms with Crippen LogP contribution in [0.25, 0.3) is 0 Å². The average molecular weight is 378 g/mol. The Balaban J connectivity index is 1.75. The average Bonchev–Trinajstić information content (AvgIpc) is 2.99. The molecule has 142 valence electrons. The van der Waals surface area contributed by atoms with E-state index in [4.69, 9.17) is 4.74 Å². The summed E-state index contributed by atoms with van der Waals surface area (Å²) in [5, 5.41) is 3.63. The van der Waals surface area contributed by atoms with Crippen LogP contribution < -0.4 is 5.32 Å². The van der Waals surface area contributed by atoms with Crippen LogP contribution in [0.2, 0.25) is 0 Å². The first-order valence-electron chi connectivity index (χ1n) is 9.39. The lowest BCUT2D eigenvalue weighted by Crippen LogP contribution is -2.40. The molecule has 0 spiro atoms. The second-order valence-electron chi connectivity index (χ2n) is 6.91. The van der Waals surface area contributed by atoms with Gasteiger partial charge in [-0.2, -0.15) is 0 Å². The van der Waals surface area contributed by atoms with Crippen molar-refractivity contribution >= 4 is 34.1 Å². The van der Waals surface area contributed by atoms with E-state index in [0.29, 0.717) is 43.1 Å². The first-order chi connectivity index (χ1) is 12.5. The summed E-state index contributed by atoms with van der Waals surface area (Å²) < 4.78 is 5.23. The molecule has 2 amide bonds. The highest BCUT2D eigenvalue weighted by molar-refractivity contribution is 7.17. The lowest BCUT2D eigenvalue weighted by atomic mass is 9.94. The van der Waals surface area contributed by atoms with Gasteiger partial charge in [0.05, 0.1) is 12.2 Å². The van der Waals surface area contributed by atoms with E-state index < -0.39 is 0 Å². The summed E-state index contributed by atoms with van der Waals surface area (Å²) in [5.74, 6) is -0.467. The number of amides is 2. The molecule has 0 saturated carbocycles. The Bertz CT molecular complexity index is 705. The Hall–Kier alpha value is -1.89. The van der Waals surface area contributed by atoms with E-state index in [1.807, 2.05) is 0 Å². The summed E-state index contributed by atoms with van der Waals surface area (Å²) in [7, 11) is 0. The van der Waals surface area contributed by atoms with Gasteiger partial charge in [0, 0.05) is 30.8 Å². The normalized spacial score (nSPS) is 17.5. The predicted octanol–water partition coefficient (Wildman–Crippen LogP) is 3.00. The molecule has 1 aromatic rings. The van der Waals surface area contributed by atoms with Crippen LogP contribution in [-0.4, -0.2) is 42.4 Å². The highest BCUT2D eigenvalue weighted by atomic mass is 32.1. The molecule has 6 nitrogen and oxygen atoms in total. The van der Waals surface area contributed by atoms with Crippen molar-refractivity contribution < 1.29 is 19.1 Å². The molecule has 2 aliphatic rings. The Morgan fingerprint density at radius 2 is 1.88 bits per heavy atom. The number of anilines is 1. The largest absolute Gasteiger partial charge is 0.462 e. The van der Waals surface area contributed by atoms with E-state index in [1.54, 1.807) is 18.7 Å². The summed E-state index contributed by atoms with van der Waals surface area (Å²) in [6.45, 7) is 4.89. The summed E-state index contributed by atoms with van der Waals surface area (Å²) in [4.78, 5) is 39.6. The van der Waals surface area contributed by atoms with Crippen LogP contribution in [0.1, 0.15) is 60.3 Å². The highest BCUT2D eigenvalue weighted by Crippen LogP contribution is 2.39. The lowest BCUT2D eigenvalue weighted by Gasteiger charge is -2.30. The topological polar surface area (TPSA) is 75.7 Å². The lowest BCUT2D eigenvalue weighted by molar-refractivity contribution is -0.132. The third-order valence-corrected chi connectivity index (χ3v) is 6.41. The molecule has 1 aromatic heterocycles. The van der Waals surface area contributed by atoms with Crippen molar-refractivity contribution in [1.29, 1.82) is 0 Å². The highest BCUT2D eigenvalue weighted by Gasteiger charge is 2.30. The first-order valence-corrected chi connectivity index (χ1v) is 10.2. The molecule has 0 unspecified atom stereocenters. The van der Waals surface area contributed by atoms with Gasteiger partial charge in [0.1, 0.15) is 5.00 Å². The van der Waals surface area contributed by atoms with Crippen LogP contribution in [-0.2, 0) is 27.2 Å². The monoisotopic (exact) mass is 378 g/mol. The zero-order valence-electron chi connectivity index (χ0n) is 15.4. The molecule has 0 atom stereocenters. The summed E-state index contributed by atoms with van der Waals surface area (Å²) in [6, 6.07) is 0. The Kier molecular flexibility index (Phi) is 5.96. The number of esters is 1. The predicted molar refractivity (Wildman–Crippen MR) is 101 cm³/mol. The number of fused-ring (bicyclic) bond motifs is 1. The number of nitrogens with one attached hydrogen (secondary N) is 1. The Morgan fingerprint density at radius 1 is 1.19 bits per heavy atom. The molecule has 26 heavy (non-hydrogen) atoms. The number of ether oxygens (including phenoxy) is 1. The number of carbonyl (C=O) groups excluding carboxylic acids is 3. The maximum atomic E-state index is 12.7. The van der Waals surface area contributed by atoms with Crippen molar-refractivity contribution in [2.45, 2.75) is 52.4 Å². The fourth-order valence-electron chi connectivity index (χ4n) is 3.74. The fraction of sp³-hybridized carbons (Fsp3) is 0.632. The number of hydrogen-bond acceptors (Lipinski definition) is 5. The molecule has 3 rings (SSSR count). The molecule has 1 aliphatic heterocycles. The number of aryl methyl sites for hydroxylation is 1. The second-order valence-corrected chi connectivity index (χ2v) is 8.01. The van der Waals surface area contributed by atoms with Crippen LogP contribution in [0, 0.1) is 5.92 Å². The number of piperidine rings is 1. The number of carbonyl (C=O) groups is 3. The van der Waals surface area contributed by atoms with Gasteiger partial charge >= 0.3 is 5.97 Å². The van der Waals surface area contributed by atoms with Crippen LogP contribution >= 0.6 is 11.3 Å². The van der Waals surface area contributed by atoms with Gasteiger partial charge in [-0.3, -0.25) is 9.59 Å². The van der Waals surface area contributed by atoms with Gasteiger partial charge in [0.25, 0.3) is 0 Å². The maximum Gasteiger partial charge on any atom is 0.341 e. The number of likely N-dealkylation sites (tertiary alicyclic amines) is 1. The number of rotatable bonds is 4.